The molecule has 0 aliphatic carbocycles. The molecule has 0 radical (unpaired) electrons. The lowest BCUT2D eigenvalue weighted by atomic mass is 10.2. The highest BCUT2D eigenvalue weighted by molar-refractivity contribution is 5.31. The fourth-order valence-electron chi connectivity index (χ4n) is 4.00. The highest BCUT2D eigenvalue weighted by Gasteiger charge is 2.29. The van der Waals surface area contributed by atoms with Gasteiger partial charge < -0.3 is 9.47 Å². The van der Waals surface area contributed by atoms with E-state index in [-0.39, 0.29) is 0 Å². The average Bonchev–Trinajstić information content (AvgIpc) is 3.29. The van der Waals surface area contributed by atoms with Crippen molar-refractivity contribution in [1.82, 2.24) is 24.4 Å². The van der Waals surface area contributed by atoms with E-state index in [1.165, 1.54) is 31.5 Å². The first-order valence-electron chi connectivity index (χ1n) is 9.01. The van der Waals surface area contributed by atoms with Gasteiger partial charge in [-0.2, -0.15) is 0 Å². The summed E-state index contributed by atoms with van der Waals surface area (Å²) in [6, 6.07) is 2.45. The smallest absolute Gasteiger partial charge is 0.225 e. The molecule has 0 bridgehead atoms. The van der Waals surface area contributed by atoms with Crippen molar-refractivity contribution in [2.75, 3.05) is 24.5 Å². The Morgan fingerprint density at radius 3 is 2.71 bits per heavy atom. The molecule has 0 unspecified atom stereocenters. The topological polar surface area (TPSA) is 50.1 Å². The number of rotatable bonds is 4. The molecule has 4 heterocycles. The van der Waals surface area contributed by atoms with Crippen LogP contribution in [0.2, 0.25) is 0 Å². The van der Waals surface area contributed by atoms with Crippen LogP contribution in [0.25, 0.3) is 0 Å². The number of nitrogens with zero attached hydrogens (tertiary/aromatic N) is 6. The second-order valence-corrected chi connectivity index (χ2v) is 7.02. The predicted octanol–water partition coefficient (Wildman–Crippen LogP) is 2.46. The Hall–Kier alpha value is -1.95. The van der Waals surface area contributed by atoms with Gasteiger partial charge in [0, 0.05) is 39.1 Å². The first-order valence-corrected chi connectivity index (χ1v) is 9.01. The lowest BCUT2D eigenvalue weighted by molar-refractivity contribution is 0.233. The molecule has 2 saturated heterocycles. The van der Waals surface area contributed by atoms with Crippen molar-refractivity contribution in [3.8, 4) is 0 Å². The van der Waals surface area contributed by atoms with Gasteiger partial charge >= 0.3 is 0 Å². The molecular formula is C18H26N6. The van der Waals surface area contributed by atoms with Crippen LogP contribution in [0.4, 0.5) is 5.95 Å². The minimum Gasteiger partial charge on any atom is -0.341 e. The zero-order valence-electron chi connectivity index (χ0n) is 14.6. The van der Waals surface area contributed by atoms with Crippen molar-refractivity contribution < 1.29 is 0 Å². The Bertz CT molecular complexity index is 703. The van der Waals surface area contributed by atoms with Gasteiger partial charge in [0.1, 0.15) is 5.82 Å². The van der Waals surface area contributed by atoms with Crippen LogP contribution in [-0.4, -0.2) is 44.1 Å². The lowest BCUT2D eigenvalue weighted by Gasteiger charge is -2.24. The third kappa shape index (κ3) is 3.02. The summed E-state index contributed by atoms with van der Waals surface area (Å²) in [7, 11) is 2.10. The third-order valence-corrected chi connectivity index (χ3v) is 5.15. The highest BCUT2D eigenvalue weighted by Crippen LogP contribution is 2.32. The molecule has 6 nitrogen and oxygen atoms in total. The van der Waals surface area contributed by atoms with Crippen molar-refractivity contribution in [1.29, 1.82) is 0 Å². The zero-order valence-corrected chi connectivity index (χ0v) is 14.6. The molecule has 0 saturated carbocycles. The minimum absolute atomic E-state index is 0.397. The molecule has 0 amide bonds. The number of hydrogen-bond acceptors (Lipinski definition) is 5. The van der Waals surface area contributed by atoms with Gasteiger partial charge in [0.25, 0.3) is 0 Å². The summed E-state index contributed by atoms with van der Waals surface area (Å²) in [6.07, 6.45) is 8.92. The Morgan fingerprint density at radius 1 is 1.12 bits per heavy atom. The van der Waals surface area contributed by atoms with E-state index in [4.69, 9.17) is 9.97 Å². The summed E-state index contributed by atoms with van der Waals surface area (Å²) in [5, 5.41) is 0. The highest BCUT2D eigenvalue weighted by atomic mass is 15.3. The normalized spacial score (nSPS) is 21.8. The van der Waals surface area contributed by atoms with Crippen LogP contribution in [0.15, 0.2) is 18.5 Å². The SMILES string of the molecule is Cc1cn(C)c([C@@H]2CCCN2Cc2ccnc(N3CCCC3)n2)n1. The van der Waals surface area contributed by atoms with Crippen LogP contribution in [0, 0.1) is 6.92 Å². The molecule has 0 spiro atoms. The molecule has 2 fully saturated rings. The molecule has 2 aromatic rings. The summed E-state index contributed by atoms with van der Waals surface area (Å²) in [6.45, 7) is 6.22. The fourth-order valence-corrected chi connectivity index (χ4v) is 4.00. The maximum absolute atomic E-state index is 4.82. The van der Waals surface area contributed by atoms with E-state index in [0.717, 1.165) is 43.5 Å². The van der Waals surface area contributed by atoms with E-state index in [2.05, 4.69) is 45.6 Å². The number of aromatic nitrogens is 4. The van der Waals surface area contributed by atoms with Gasteiger partial charge in [-0.05, 0) is 45.2 Å². The monoisotopic (exact) mass is 326 g/mol. The van der Waals surface area contributed by atoms with Crippen molar-refractivity contribution in [2.45, 2.75) is 45.2 Å². The molecule has 128 valence electrons. The van der Waals surface area contributed by atoms with E-state index in [0.29, 0.717) is 6.04 Å². The molecule has 1 atom stereocenters. The van der Waals surface area contributed by atoms with Crippen LogP contribution in [-0.2, 0) is 13.6 Å². The Kier molecular flexibility index (Phi) is 4.22. The number of anilines is 1. The van der Waals surface area contributed by atoms with Crippen LogP contribution in [0.1, 0.15) is 48.9 Å². The van der Waals surface area contributed by atoms with E-state index < -0.39 is 0 Å². The largest absolute Gasteiger partial charge is 0.341 e. The summed E-state index contributed by atoms with van der Waals surface area (Å²) in [4.78, 5) is 18.8. The molecule has 2 aliphatic heterocycles. The van der Waals surface area contributed by atoms with Gasteiger partial charge in [-0.15, -0.1) is 0 Å². The van der Waals surface area contributed by atoms with Gasteiger partial charge in [0.2, 0.25) is 5.95 Å². The number of imidazole rings is 1. The van der Waals surface area contributed by atoms with E-state index in [1.807, 2.05) is 6.20 Å². The predicted molar refractivity (Wildman–Crippen MR) is 93.8 cm³/mol. The molecular weight excluding hydrogens is 300 g/mol. The molecule has 0 N–H and O–H groups in total. The zero-order chi connectivity index (χ0) is 16.5. The van der Waals surface area contributed by atoms with E-state index in [9.17, 15) is 0 Å². The second-order valence-electron chi connectivity index (χ2n) is 7.02. The second kappa shape index (κ2) is 6.51. The van der Waals surface area contributed by atoms with Crippen molar-refractivity contribution in [2.24, 2.45) is 7.05 Å². The maximum atomic E-state index is 4.82. The first kappa shape index (κ1) is 15.6. The summed E-state index contributed by atoms with van der Waals surface area (Å²) >= 11 is 0. The summed E-state index contributed by atoms with van der Waals surface area (Å²) in [5.41, 5.74) is 2.21. The molecule has 0 aromatic carbocycles. The molecule has 4 rings (SSSR count). The first-order chi connectivity index (χ1) is 11.7. The molecule has 2 aromatic heterocycles. The standard InChI is InChI=1S/C18H26N6/c1-14-12-22(2)17(20-14)16-6-5-11-24(16)13-15-7-8-19-18(21-15)23-9-3-4-10-23/h7-8,12,16H,3-6,9-11,13H2,1-2H3/t16-/m0/s1. The minimum atomic E-state index is 0.397. The van der Waals surface area contributed by atoms with Crippen LogP contribution in [0.3, 0.4) is 0 Å². The fraction of sp³-hybridized carbons (Fsp3) is 0.611. The van der Waals surface area contributed by atoms with E-state index >= 15 is 0 Å². The number of hydrogen-bond donors (Lipinski definition) is 0. The lowest BCUT2D eigenvalue weighted by Crippen LogP contribution is -2.26. The molecule has 2 aliphatic rings. The van der Waals surface area contributed by atoms with Gasteiger partial charge in [0.15, 0.2) is 0 Å². The van der Waals surface area contributed by atoms with Gasteiger partial charge in [-0.1, -0.05) is 0 Å². The average molecular weight is 326 g/mol. The van der Waals surface area contributed by atoms with Gasteiger partial charge in [-0.3, -0.25) is 4.90 Å². The van der Waals surface area contributed by atoms with Crippen molar-refractivity contribution >= 4 is 5.95 Å². The summed E-state index contributed by atoms with van der Waals surface area (Å²) < 4.78 is 2.17. The Labute approximate surface area is 143 Å². The maximum Gasteiger partial charge on any atom is 0.225 e. The summed E-state index contributed by atoms with van der Waals surface area (Å²) in [5.74, 6) is 2.08. The van der Waals surface area contributed by atoms with Gasteiger partial charge in [-0.25, -0.2) is 15.0 Å². The van der Waals surface area contributed by atoms with Crippen LogP contribution >= 0.6 is 0 Å². The molecule has 6 heteroatoms. The van der Waals surface area contributed by atoms with Crippen molar-refractivity contribution in [3.63, 3.8) is 0 Å². The number of aryl methyl sites for hydroxylation is 2. The Morgan fingerprint density at radius 2 is 1.96 bits per heavy atom. The van der Waals surface area contributed by atoms with Crippen LogP contribution < -0.4 is 4.90 Å². The van der Waals surface area contributed by atoms with Gasteiger partial charge in [0.05, 0.1) is 17.4 Å². The quantitative estimate of drug-likeness (QED) is 0.864. The molecule has 24 heavy (non-hydrogen) atoms. The Balaban J connectivity index is 1.51. The number of likely N-dealkylation sites (tertiary alicyclic amines) is 1. The van der Waals surface area contributed by atoms with E-state index in [1.54, 1.807) is 0 Å². The van der Waals surface area contributed by atoms with Crippen LogP contribution in [0.5, 0.6) is 0 Å². The third-order valence-electron chi connectivity index (χ3n) is 5.15. The van der Waals surface area contributed by atoms with Crippen molar-refractivity contribution in [3.05, 3.63) is 35.7 Å².